The van der Waals surface area contributed by atoms with Gasteiger partial charge in [-0.25, -0.2) is 17.9 Å². The number of ether oxygens (including phenoxy) is 1. The molecule has 0 radical (unpaired) electrons. The standard InChI is InChI=1S/C28H34F3N3O3S.C5H11NO2/c29-28(30,31)26(35)33-17-12-22-8-9-25(18-23(22)20-33)38(36,37)32-24-10-13-27(14-11-24,34-15-4-5-16-34)19-21-6-2-1-3-7-21;1-5(2,3)8-4(6)7/h1-3,6-9,18,24,32H,4-5,10-17,19-20H2;1-3H3,(H2,6,7). The van der Waals surface area contributed by atoms with Gasteiger partial charge in [0, 0.05) is 24.7 Å². The summed E-state index contributed by atoms with van der Waals surface area (Å²) in [7, 11) is -3.86. The number of nitrogens with one attached hydrogen (secondary N) is 1. The molecule has 0 unspecified atom stereocenters. The predicted octanol–water partition coefficient (Wildman–Crippen LogP) is 5.31. The minimum atomic E-state index is -4.95. The van der Waals surface area contributed by atoms with E-state index in [0.29, 0.717) is 5.56 Å². The maximum atomic E-state index is 13.3. The van der Waals surface area contributed by atoms with Crippen molar-refractivity contribution in [1.82, 2.24) is 14.5 Å². The molecular formula is C33H45F3N4O5S. The third kappa shape index (κ3) is 9.45. The topological polar surface area (TPSA) is 122 Å². The summed E-state index contributed by atoms with van der Waals surface area (Å²) in [5.41, 5.74) is 6.80. The van der Waals surface area contributed by atoms with Crippen LogP contribution in [0.5, 0.6) is 0 Å². The largest absolute Gasteiger partial charge is 0.471 e. The minimum absolute atomic E-state index is 0.0261. The molecule has 1 aliphatic carbocycles. The van der Waals surface area contributed by atoms with E-state index in [1.807, 2.05) is 6.07 Å². The van der Waals surface area contributed by atoms with Crippen molar-refractivity contribution in [3.8, 4) is 0 Å². The van der Waals surface area contributed by atoms with Crippen molar-refractivity contribution in [2.24, 2.45) is 5.73 Å². The molecule has 0 aromatic heterocycles. The second kappa shape index (κ2) is 14.3. The van der Waals surface area contributed by atoms with Gasteiger partial charge in [-0.05, 0) is 114 Å². The molecule has 3 aliphatic rings. The van der Waals surface area contributed by atoms with E-state index in [4.69, 9.17) is 5.73 Å². The zero-order valence-corrected chi connectivity index (χ0v) is 27.6. The normalized spacial score (nSPS) is 22.4. The molecular weight excluding hydrogens is 621 g/mol. The van der Waals surface area contributed by atoms with Crippen molar-refractivity contribution in [2.75, 3.05) is 19.6 Å². The molecule has 0 atom stereocenters. The number of hydrogen-bond donors (Lipinski definition) is 2. The first-order valence-electron chi connectivity index (χ1n) is 15.8. The monoisotopic (exact) mass is 666 g/mol. The quantitative estimate of drug-likeness (QED) is 0.431. The van der Waals surface area contributed by atoms with Gasteiger partial charge in [-0.1, -0.05) is 36.4 Å². The van der Waals surface area contributed by atoms with Gasteiger partial charge in [0.1, 0.15) is 5.60 Å². The second-order valence-corrected chi connectivity index (χ2v) is 15.1. The number of carbonyl (C=O) groups is 2. The molecule has 5 rings (SSSR count). The number of fused-ring (bicyclic) bond motifs is 1. The highest BCUT2D eigenvalue weighted by Gasteiger charge is 2.44. The zero-order chi connectivity index (χ0) is 33.8. The van der Waals surface area contributed by atoms with Crippen LogP contribution in [0.25, 0.3) is 0 Å². The third-order valence-corrected chi connectivity index (χ3v) is 10.3. The number of nitrogens with zero attached hydrogens (tertiary/aromatic N) is 2. The van der Waals surface area contributed by atoms with Crippen LogP contribution in [-0.4, -0.2) is 73.2 Å². The van der Waals surface area contributed by atoms with E-state index >= 15 is 0 Å². The van der Waals surface area contributed by atoms with Gasteiger partial charge in [0.05, 0.1) is 4.90 Å². The fraction of sp³-hybridized carbons (Fsp3) is 0.576. The lowest BCUT2D eigenvalue weighted by Gasteiger charge is -2.47. The third-order valence-electron chi connectivity index (χ3n) is 8.83. The number of rotatable bonds is 6. The lowest BCUT2D eigenvalue weighted by Crippen LogP contribution is -2.53. The number of carbonyl (C=O) groups excluding carboxylic acids is 2. The van der Waals surface area contributed by atoms with E-state index in [0.717, 1.165) is 55.7 Å². The first-order valence-corrected chi connectivity index (χ1v) is 17.2. The summed E-state index contributed by atoms with van der Waals surface area (Å²) in [5, 5.41) is 0. The van der Waals surface area contributed by atoms with E-state index in [1.54, 1.807) is 26.8 Å². The predicted molar refractivity (Wildman–Crippen MR) is 168 cm³/mol. The molecule has 2 amide bonds. The summed E-state index contributed by atoms with van der Waals surface area (Å²) >= 11 is 0. The Balaban J connectivity index is 0.000000533. The first-order chi connectivity index (χ1) is 21.5. The summed E-state index contributed by atoms with van der Waals surface area (Å²) in [5.74, 6) is -1.89. The van der Waals surface area contributed by atoms with Crippen molar-refractivity contribution in [3.63, 3.8) is 0 Å². The molecule has 2 aromatic rings. The van der Waals surface area contributed by atoms with Gasteiger partial charge in [0.25, 0.3) is 0 Å². The van der Waals surface area contributed by atoms with Crippen molar-refractivity contribution < 1.29 is 35.9 Å². The van der Waals surface area contributed by atoms with E-state index < -0.39 is 33.8 Å². The molecule has 13 heteroatoms. The number of sulfonamides is 1. The molecule has 2 aliphatic heterocycles. The summed E-state index contributed by atoms with van der Waals surface area (Å²) in [6.07, 6.45) is 1.16. The van der Waals surface area contributed by atoms with Crippen molar-refractivity contribution in [2.45, 2.75) is 107 Å². The average Bonchev–Trinajstić information content (AvgIpc) is 3.52. The molecule has 1 saturated heterocycles. The highest BCUT2D eigenvalue weighted by molar-refractivity contribution is 7.89. The smallest absolute Gasteiger partial charge is 0.444 e. The van der Waals surface area contributed by atoms with Crippen molar-refractivity contribution in [3.05, 3.63) is 65.2 Å². The molecule has 3 N–H and O–H groups in total. The molecule has 46 heavy (non-hydrogen) atoms. The summed E-state index contributed by atoms with van der Waals surface area (Å²) in [6, 6.07) is 14.8. The van der Waals surface area contributed by atoms with Gasteiger partial charge in [-0.3, -0.25) is 9.69 Å². The van der Waals surface area contributed by atoms with Gasteiger partial charge in [-0.2, -0.15) is 13.2 Å². The number of halogens is 3. The van der Waals surface area contributed by atoms with Gasteiger partial charge >= 0.3 is 18.2 Å². The molecule has 254 valence electrons. The highest BCUT2D eigenvalue weighted by atomic mass is 32.2. The Bertz CT molecular complexity index is 1460. The lowest BCUT2D eigenvalue weighted by molar-refractivity contribution is -0.186. The van der Waals surface area contributed by atoms with Crippen LogP contribution in [0.1, 0.15) is 76.0 Å². The van der Waals surface area contributed by atoms with Crippen LogP contribution in [0, 0.1) is 0 Å². The fourth-order valence-corrected chi connectivity index (χ4v) is 8.04. The Hall–Kier alpha value is -3.16. The molecule has 9 nitrogen and oxygen atoms in total. The number of primary amides is 1. The van der Waals surface area contributed by atoms with Crippen LogP contribution in [0.4, 0.5) is 18.0 Å². The second-order valence-electron chi connectivity index (χ2n) is 13.4. The number of hydrogen-bond acceptors (Lipinski definition) is 6. The van der Waals surface area contributed by atoms with Crippen LogP contribution in [-0.2, 0) is 38.9 Å². The van der Waals surface area contributed by atoms with Gasteiger partial charge in [0.2, 0.25) is 10.0 Å². The minimum Gasteiger partial charge on any atom is -0.444 e. The summed E-state index contributed by atoms with van der Waals surface area (Å²) in [6.45, 7) is 7.14. The summed E-state index contributed by atoms with van der Waals surface area (Å²) in [4.78, 5) is 25.1. The van der Waals surface area contributed by atoms with Gasteiger partial charge < -0.3 is 15.4 Å². The van der Waals surface area contributed by atoms with Crippen LogP contribution >= 0.6 is 0 Å². The van der Waals surface area contributed by atoms with Crippen molar-refractivity contribution >= 4 is 22.0 Å². The Morgan fingerprint density at radius 2 is 1.61 bits per heavy atom. The molecule has 2 aromatic carbocycles. The zero-order valence-electron chi connectivity index (χ0n) is 26.7. The number of alkyl halides is 3. The molecule has 1 saturated carbocycles. The average molecular weight is 667 g/mol. The maximum absolute atomic E-state index is 13.3. The van der Waals surface area contributed by atoms with Gasteiger partial charge in [0.15, 0.2) is 0 Å². The van der Waals surface area contributed by atoms with Crippen LogP contribution in [0.2, 0.25) is 0 Å². The summed E-state index contributed by atoms with van der Waals surface area (Å²) < 4.78 is 72.8. The molecule has 2 fully saturated rings. The van der Waals surface area contributed by atoms with E-state index in [2.05, 4.69) is 38.6 Å². The fourth-order valence-electron chi connectivity index (χ4n) is 6.69. The SMILES string of the molecule is CC(C)(C)OC(N)=O.O=C(N1CCc2ccc(S(=O)(=O)NC3CCC(Cc4ccccc4)(N4CCCC4)CC3)cc2C1)C(F)(F)F. The van der Waals surface area contributed by atoms with E-state index in [9.17, 15) is 31.2 Å². The number of amides is 2. The maximum Gasteiger partial charge on any atom is 0.471 e. The lowest BCUT2D eigenvalue weighted by atomic mass is 9.74. The van der Waals surface area contributed by atoms with Crippen LogP contribution in [0.15, 0.2) is 53.4 Å². The molecule has 0 bridgehead atoms. The highest BCUT2D eigenvalue weighted by Crippen LogP contribution is 2.39. The van der Waals surface area contributed by atoms with Crippen LogP contribution < -0.4 is 10.5 Å². The number of likely N-dealkylation sites (tertiary alicyclic amines) is 1. The van der Waals surface area contributed by atoms with Gasteiger partial charge in [-0.15, -0.1) is 0 Å². The van der Waals surface area contributed by atoms with E-state index in [-0.39, 0.29) is 36.0 Å². The van der Waals surface area contributed by atoms with Crippen LogP contribution in [0.3, 0.4) is 0 Å². The number of nitrogens with two attached hydrogens (primary N) is 1. The Labute approximate surface area is 269 Å². The Kier molecular flexibility index (Phi) is 11.1. The molecule has 0 spiro atoms. The number of benzene rings is 2. The van der Waals surface area contributed by atoms with E-state index in [1.165, 1.54) is 30.5 Å². The Morgan fingerprint density at radius 1 is 0.978 bits per heavy atom. The first kappa shape index (κ1) is 35.7. The Morgan fingerprint density at radius 3 is 2.15 bits per heavy atom. The molecule has 2 heterocycles. The van der Waals surface area contributed by atoms with Crippen molar-refractivity contribution in [1.29, 1.82) is 0 Å².